The summed E-state index contributed by atoms with van der Waals surface area (Å²) in [6, 6.07) is 8.09. The second kappa shape index (κ2) is 8.08. The maximum absolute atomic E-state index is 13.1. The SMILES string of the molecule is CC=Nc1ccn(Cc2nc([C@@H]3CO[C@@H](c4ccc(F)cc4)C3)no2)c(=O)c1C. The Morgan fingerprint density at radius 1 is 1.31 bits per heavy atom. The van der Waals surface area contributed by atoms with Gasteiger partial charge in [0, 0.05) is 23.9 Å². The van der Waals surface area contributed by atoms with E-state index in [9.17, 15) is 9.18 Å². The Kier molecular flexibility index (Phi) is 5.35. The molecule has 1 aliphatic rings. The highest BCUT2D eigenvalue weighted by Crippen LogP contribution is 2.37. The molecule has 0 aliphatic carbocycles. The van der Waals surface area contributed by atoms with Gasteiger partial charge in [0.25, 0.3) is 5.56 Å². The van der Waals surface area contributed by atoms with Crippen LogP contribution < -0.4 is 5.56 Å². The Morgan fingerprint density at radius 2 is 2.10 bits per heavy atom. The van der Waals surface area contributed by atoms with E-state index >= 15 is 0 Å². The van der Waals surface area contributed by atoms with E-state index in [-0.39, 0.29) is 29.9 Å². The van der Waals surface area contributed by atoms with E-state index in [0.717, 1.165) is 5.56 Å². The van der Waals surface area contributed by atoms with E-state index in [0.29, 0.717) is 36.0 Å². The molecule has 8 heteroatoms. The van der Waals surface area contributed by atoms with Crippen molar-refractivity contribution in [1.29, 1.82) is 0 Å². The van der Waals surface area contributed by atoms with Gasteiger partial charge in [0.15, 0.2) is 5.82 Å². The monoisotopic (exact) mass is 396 g/mol. The molecule has 2 aromatic heterocycles. The molecule has 1 aromatic carbocycles. The molecule has 0 unspecified atom stereocenters. The van der Waals surface area contributed by atoms with Crippen molar-refractivity contribution >= 4 is 11.9 Å². The molecule has 4 rings (SSSR count). The number of rotatable bonds is 5. The minimum atomic E-state index is -0.272. The standard InChI is InChI=1S/C21H21FN4O3/c1-3-23-17-8-9-26(21(27)13(17)2)11-19-24-20(25-29-19)15-10-18(28-12-15)14-4-6-16(22)7-5-14/h3-9,15,18H,10-12H2,1-2H3/t15-,18+/m0/s1. The van der Waals surface area contributed by atoms with E-state index in [1.54, 1.807) is 44.5 Å². The molecule has 0 spiro atoms. The van der Waals surface area contributed by atoms with Crippen LogP contribution in [-0.4, -0.2) is 27.5 Å². The number of pyridine rings is 1. The lowest BCUT2D eigenvalue weighted by molar-refractivity contribution is 0.110. The van der Waals surface area contributed by atoms with Crippen LogP contribution in [0.4, 0.5) is 10.1 Å². The predicted molar refractivity (Wildman–Crippen MR) is 105 cm³/mol. The van der Waals surface area contributed by atoms with E-state index in [1.807, 2.05) is 0 Å². The molecular formula is C21H21FN4O3. The minimum Gasteiger partial charge on any atom is -0.373 e. The molecule has 3 heterocycles. The molecule has 150 valence electrons. The van der Waals surface area contributed by atoms with Gasteiger partial charge in [-0.3, -0.25) is 9.79 Å². The van der Waals surface area contributed by atoms with Crippen LogP contribution in [0.3, 0.4) is 0 Å². The van der Waals surface area contributed by atoms with E-state index in [1.165, 1.54) is 16.7 Å². The fourth-order valence-electron chi connectivity index (χ4n) is 3.44. The lowest BCUT2D eigenvalue weighted by Crippen LogP contribution is -2.22. The van der Waals surface area contributed by atoms with E-state index < -0.39 is 0 Å². The van der Waals surface area contributed by atoms with Crippen LogP contribution >= 0.6 is 0 Å². The van der Waals surface area contributed by atoms with Gasteiger partial charge in [-0.05, 0) is 44.0 Å². The average Bonchev–Trinajstić information content (AvgIpc) is 3.38. The first kappa shape index (κ1) is 19.2. The normalized spacial score (nSPS) is 19.3. The van der Waals surface area contributed by atoms with Gasteiger partial charge in [-0.25, -0.2) is 4.39 Å². The summed E-state index contributed by atoms with van der Waals surface area (Å²) < 4.78 is 25.8. The van der Waals surface area contributed by atoms with Gasteiger partial charge in [-0.2, -0.15) is 4.98 Å². The fourth-order valence-corrected chi connectivity index (χ4v) is 3.44. The summed E-state index contributed by atoms with van der Waals surface area (Å²) in [4.78, 5) is 21.1. The molecule has 29 heavy (non-hydrogen) atoms. The van der Waals surface area contributed by atoms with Crippen molar-refractivity contribution in [3.8, 4) is 0 Å². The maximum atomic E-state index is 13.1. The van der Waals surface area contributed by atoms with Gasteiger partial charge in [0.2, 0.25) is 5.89 Å². The third-order valence-electron chi connectivity index (χ3n) is 5.04. The number of halogens is 1. The van der Waals surface area contributed by atoms with Gasteiger partial charge >= 0.3 is 0 Å². The smallest absolute Gasteiger partial charge is 0.256 e. The topological polar surface area (TPSA) is 82.5 Å². The number of hydrogen-bond acceptors (Lipinski definition) is 6. The largest absolute Gasteiger partial charge is 0.373 e. The second-order valence-electron chi connectivity index (χ2n) is 7.00. The Labute approximate surface area is 166 Å². The zero-order chi connectivity index (χ0) is 20.4. The van der Waals surface area contributed by atoms with Crippen LogP contribution in [0.15, 0.2) is 50.8 Å². The molecular weight excluding hydrogens is 375 g/mol. The molecule has 1 aliphatic heterocycles. The van der Waals surface area contributed by atoms with Crippen LogP contribution in [-0.2, 0) is 11.3 Å². The Morgan fingerprint density at radius 3 is 2.86 bits per heavy atom. The van der Waals surface area contributed by atoms with Gasteiger partial charge in [0.1, 0.15) is 12.4 Å². The summed E-state index contributed by atoms with van der Waals surface area (Å²) in [5.74, 6) is 0.633. The fraction of sp³-hybridized carbons (Fsp3) is 0.333. The van der Waals surface area contributed by atoms with Crippen LogP contribution in [0.2, 0.25) is 0 Å². The van der Waals surface area contributed by atoms with Crippen molar-refractivity contribution < 1.29 is 13.7 Å². The molecule has 0 bridgehead atoms. The van der Waals surface area contributed by atoms with Crippen LogP contribution in [0.1, 0.15) is 48.2 Å². The van der Waals surface area contributed by atoms with E-state index in [2.05, 4.69) is 15.1 Å². The van der Waals surface area contributed by atoms with Gasteiger partial charge in [0.05, 0.1) is 18.4 Å². The average molecular weight is 396 g/mol. The van der Waals surface area contributed by atoms with Gasteiger partial charge in [-0.15, -0.1) is 0 Å². The molecule has 0 N–H and O–H groups in total. The number of aromatic nitrogens is 3. The summed E-state index contributed by atoms with van der Waals surface area (Å²) in [6.07, 6.45) is 3.89. The Balaban J connectivity index is 1.46. The van der Waals surface area contributed by atoms with Gasteiger partial charge < -0.3 is 13.8 Å². The van der Waals surface area contributed by atoms with Crippen LogP contribution in [0.25, 0.3) is 0 Å². The quantitative estimate of drug-likeness (QED) is 0.614. The Bertz CT molecular complexity index is 1090. The third kappa shape index (κ3) is 4.02. The number of nitrogens with zero attached hydrogens (tertiary/aromatic N) is 4. The predicted octanol–water partition coefficient (Wildman–Crippen LogP) is 3.69. The molecule has 0 amide bonds. The highest BCUT2D eigenvalue weighted by Gasteiger charge is 2.31. The zero-order valence-electron chi connectivity index (χ0n) is 16.2. The molecule has 2 atom stereocenters. The number of benzene rings is 1. The minimum absolute atomic E-state index is 0.0118. The van der Waals surface area contributed by atoms with Crippen molar-refractivity contribution in [3.63, 3.8) is 0 Å². The summed E-state index contributed by atoms with van der Waals surface area (Å²) in [5, 5.41) is 4.07. The molecule has 3 aromatic rings. The molecule has 1 saturated heterocycles. The lowest BCUT2D eigenvalue weighted by Gasteiger charge is -2.08. The molecule has 0 radical (unpaired) electrons. The highest BCUT2D eigenvalue weighted by atomic mass is 19.1. The number of aliphatic imine (C=N–C) groups is 1. The summed E-state index contributed by atoms with van der Waals surface area (Å²) in [6.45, 7) is 4.20. The Hall–Kier alpha value is -3.13. The zero-order valence-corrected chi connectivity index (χ0v) is 16.2. The number of hydrogen-bond donors (Lipinski definition) is 0. The first-order valence-electron chi connectivity index (χ1n) is 9.43. The maximum Gasteiger partial charge on any atom is 0.256 e. The molecule has 0 saturated carbocycles. The third-order valence-corrected chi connectivity index (χ3v) is 5.04. The highest BCUT2D eigenvalue weighted by molar-refractivity contribution is 5.61. The summed E-state index contributed by atoms with van der Waals surface area (Å²) >= 11 is 0. The second-order valence-corrected chi connectivity index (χ2v) is 7.00. The first-order valence-corrected chi connectivity index (χ1v) is 9.43. The first-order chi connectivity index (χ1) is 14.0. The van der Waals surface area contributed by atoms with Crippen LogP contribution in [0, 0.1) is 12.7 Å². The lowest BCUT2D eigenvalue weighted by atomic mass is 10.00. The number of ether oxygens (including phenoxy) is 1. The summed E-state index contributed by atoms with van der Waals surface area (Å²) in [5.41, 5.74) is 1.99. The van der Waals surface area contributed by atoms with Crippen molar-refractivity contribution in [1.82, 2.24) is 14.7 Å². The van der Waals surface area contributed by atoms with E-state index in [4.69, 9.17) is 9.26 Å². The molecule has 1 fully saturated rings. The van der Waals surface area contributed by atoms with Crippen molar-refractivity contribution in [3.05, 3.63) is 75.5 Å². The van der Waals surface area contributed by atoms with Crippen molar-refractivity contribution in [2.75, 3.05) is 6.61 Å². The molecule has 7 nitrogen and oxygen atoms in total. The van der Waals surface area contributed by atoms with Crippen molar-refractivity contribution in [2.24, 2.45) is 4.99 Å². The van der Waals surface area contributed by atoms with Gasteiger partial charge in [-0.1, -0.05) is 17.3 Å². The summed E-state index contributed by atoms with van der Waals surface area (Å²) in [7, 11) is 0. The van der Waals surface area contributed by atoms with Crippen molar-refractivity contribution in [2.45, 2.75) is 38.8 Å². The van der Waals surface area contributed by atoms with Crippen LogP contribution in [0.5, 0.6) is 0 Å².